The lowest BCUT2D eigenvalue weighted by Crippen LogP contribution is -2.53. The van der Waals surface area contributed by atoms with Crippen molar-refractivity contribution in [3.8, 4) is 0 Å². The van der Waals surface area contributed by atoms with Crippen LogP contribution in [-0.2, 0) is 32.6 Å². The Labute approximate surface area is 244 Å². The first-order chi connectivity index (χ1) is 18.8. The summed E-state index contributed by atoms with van der Waals surface area (Å²) in [7, 11) is -3.97. The normalized spacial score (nSPS) is 12.2. The van der Waals surface area contributed by atoms with E-state index in [2.05, 4.69) is 5.32 Å². The molecule has 0 aliphatic rings. The van der Waals surface area contributed by atoms with Gasteiger partial charge in [0.2, 0.25) is 21.8 Å². The maximum atomic E-state index is 14.0. The summed E-state index contributed by atoms with van der Waals surface area (Å²) in [5.74, 6) is -1.30. The Morgan fingerprint density at radius 2 is 1.52 bits per heavy atom. The summed E-state index contributed by atoms with van der Waals surface area (Å²) in [5.41, 5.74) is 1.49. The second kappa shape index (κ2) is 14.0. The van der Waals surface area contributed by atoms with Crippen molar-refractivity contribution in [1.82, 2.24) is 10.2 Å². The molecule has 7 nitrogen and oxygen atoms in total. The highest BCUT2D eigenvalue weighted by molar-refractivity contribution is 7.92. The zero-order chi connectivity index (χ0) is 29.4. The maximum absolute atomic E-state index is 14.0. The molecule has 0 aliphatic heterocycles. The molecule has 3 rings (SSSR count). The molecule has 0 spiro atoms. The predicted molar refractivity (Wildman–Crippen MR) is 157 cm³/mol. The number of carbonyl (C=O) groups is 2. The number of nitrogens with zero attached hydrogens (tertiary/aromatic N) is 2. The summed E-state index contributed by atoms with van der Waals surface area (Å²) >= 11 is 12.2. The van der Waals surface area contributed by atoms with Gasteiger partial charge < -0.3 is 10.2 Å². The van der Waals surface area contributed by atoms with Crippen LogP contribution in [0.25, 0.3) is 0 Å². The molecule has 0 saturated heterocycles. The molecule has 0 fully saturated rings. The maximum Gasteiger partial charge on any atom is 0.244 e. The molecule has 0 saturated carbocycles. The molecule has 0 aliphatic carbocycles. The fourth-order valence-electron chi connectivity index (χ4n) is 4.06. The Bertz CT molecular complexity index is 1400. The second-order valence-electron chi connectivity index (χ2n) is 9.89. The molecule has 1 unspecified atom stereocenters. The summed E-state index contributed by atoms with van der Waals surface area (Å²) < 4.78 is 40.2. The molecular formula is C29H32Cl2FN3O4S. The monoisotopic (exact) mass is 607 g/mol. The molecule has 1 N–H and O–H groups in total. The van der Waals surface area contributed by atoms with Gasteiger partial charge in [-0.25, -0.2) is 12.8 Å². The Kier molecular flexibility index (Phi) is 11.0. The summed E-state index contributed by atoms with van der Waals surface area (Å²) in [5, 5.41) is 3.30. The standard InChI is InChI=1S/C29H32Cl2FN3O4S/c1-20(2)17-33-29(37)27(13-21-7-5-4-6-8-21)34(18-22-9-11-25(32)12-10-22)28(36)19-35(40(3,38)39)26-15-23(30)14-24(31)16-26/h4-12,14-16,20,27H,13,17-19H2,1-3H3,(H,33,37). The van der Waals surface area contributed by atoms with Gasteiger partial charge in [0.25, 0.3) is 0 Å². The van der Waals surface area contributed by atoms with Gasteiger partial charge >= 0.3 is 0 Å². The first-order valence-electron chi connectivity index (χ1n) is 12.6. The van der Waals surface area contributed by atoms with Crippen LogP contribution >= 0.6 is 23.2 Å². The molecule has 3 aromatic carbocycles. The van der Waals surface area contributed by atoms with Gasteiger partial charge in [-0.05, 0) is 47.4 Å². The van der Waals surface area contributed by atoms with Crippen molar-refractivity contribution in [1.29, 1.82) is 0 Å². The smallest absolute Gasteiger partial charge is 0.244 e. The van der Waals surface area contributed by atoms with Crippen molar-refractivity contribution in [2.75, 3.05) is 23.7 Å². The molecule has 0 aromatic heterocycles. The topological polar surface area (TPSA) is 86.8 Å². The Morgan fingerprint density at radius 3 is 2.08 bits per heavy atom. The zero-order valence-corrected chi connectivity index (χ0v) is 24.8. The number of rotatable bonds is 12. The van der Waals surface area contributed by atoms with Gasteiger partial charge in [0.1, 0.15) is 18.4 Å². The van der Waals surface area contributed by atoms with Crippen molar-refractivity contribution in [3.05, 3.63) is 99.8 Å². The minimum absolute atomic E-state index is 0.0559. The lowest BCUT2D eigenvalue weighted by Gasteiger charge is -2.33. The van der Waals surface area contributed by atoms with Crippen LogP contribution in [0.15, 0.2) is 72.8 Å². The highest BCUT2D eigenvalue weighted by atomic mass is 35.5. The molecule has 3 aromatic rings. The van der Waals surface area contributed by atoms with Gasteiger partial charge in [-0.1, -0.05) is 79.5 Å². The SMILES string of the molecule is CC(C)CNC(=O)C(Cc1ccccc1)N(Cc1ccc(F)cc1)C(=O)CN(c1cc(Cl)cc(Cl)c1)S(C)(=O)=O. The molecule has 0 radical (unpaired) electrons. The summed E-state index contributed by atoms with van der Waals surface area (Å²) in [4.78, 5) is 28.9. The van der Waals surface area contributed by atoms with E-state index in [0.717, 1.165) is 16.1 Å². The van der Waals surface area contributed by atoms with E-state index in [-0.39, 0.29) is 40.5 Å². The Morgan fingerprint density at radius 1 is 0.925 bits per heavy atom. The third kappa shape index (κ3) is 9.21. The van der Waals surface area contributed by atoms with Crippen LogP contribution in [0.3, 0.4) is 0 Å². The summed E-state index contributed by atoms with van der Waals surface area (Å²) in [6, 6.07) is 18.0. The number of benzene rings is 3. The average Bonchev–Trinajstić information content (AvgIpc) is 2.88. The number of hydrogen-bond donors (Lipinski definition) is 1. The van der Waals surface area contributed by atoms with E-state index in [4.69, 9.17) is 23.2 Å². The number of carbonyl (C=O) groups excluding carboxylic acids is 2. The van der Waals surface area contributed by atoms with Gasteiger partial charge in [-0.3, -0.25) is 13.9 Å². The first kappa shape index (κ1) is 31.4. The number of nitrogens with one attached hydrogen (secondary N) is 1. The minimum atomic E-state index is -3.97. The van der Waals surface area contributed by atoms with Crippen molar-refractivity contribution in [3.63, 3.8) is 0 Å². The molecule has 40 heavy (non-hydrogen) atoms. The van der Waals surface area contributed by atoms with Crippen molar-refractivity contribution in [2.45, 2.75) is 32.9 Å². The number of halogens is 3. The minimum Gasteiger partial charge on any atom is -0.354 e. The van der Waals surface area contributed by atoms with E-state index < -0.39 is 34.3 Å². The largest absolute Gasteiger partial charge is 0.354 e. The van der Waals surface area contributed by atoms with Crippen LogP contribution in [0.5, 0.6) is 0 Å². The summed E-state index contributed by atoms with van der Waals surface area (Å²) in [6.45, 7) is 3.63. The molecule has 1 atom stereocenters. The van der Waals surface area contributed by atoms with Crippen LogP contribution < -0.4 is 9.62 Å². The van der Waals surface area contributed by atoms with Crippen LogP contribution in [0, 0.1) is 11.7 Å². The third-order valence-electron chi connectivity index (χ3n) is 6.04. The lowest BCUT2D eigenvalue weighted by atomic mass is 10.0. The molecule has 0 heterocycles. The average molecular weight is 609 g/mol. The molecule has 214 valence electrons. The molecular weight excluding hydrogens is 576 g/mol. The first-order valence-corrected chi connectivity index (χ1v) is 15.2. The van der Waals surface area contributed by atoms with E-state index in [9.17, 15) is 22.4 Å². The summed E-state index contributed by atoms with van der Waals surface area (Å²) in [6.07, 6.45) is 1.15. The van der Waals surface area contributed by atoms with Gasteiger partial charge in [0.15, 0.2) is 0 Å². The second-order valence-corrected chi connectivity index (χ2v) is 12.7. The van der Waals surface area contributed by atoms with Crippen molar-refractivity contribution < 1.29 is 22.4 Å². The number of anilines is 1. The van der Waals surface area contributed by atoms with Crippen LogP contribution in [-0.4, -0.2) is 50.5 Å². The Balaban J connectivity index is 2.06. The van der Waals surface area contributed by atoms with Gasteiger partial charge in [-0.15, -0.1) is 0 Å². The van der Waals surface area contributed by atoms with E-state index >= 15 is 0 Å². The quantitative estimate of drug-likeness (QED) is 0.302. The van der Waals surface area contributed by atoms with Crippen LogP contribution in [0.1, 0.15) is 25.0 Å². The molecule has 11 heteroatoms. The number of amides is 2. The Hall–Kier alpha value is -3.14. The lowest BCUT2D eigenvalue weighted by molar-refractivity contribution is -0.140. The zero-order valence-electron chi connectivity index (χ0n) is 22.5. The van der Waals surface area contributed by atoms with Crippen molar-refractivity contribution in [2.24, 2.45) is 5.92 Å². The van der Waals surface area contributed by atoms with E-state index in [1.165, 1.54) is 47.4 Å². The number of hydrogen-bond acceptors (Lipinski definition) is 4. The fourth-order valence-corrected chi connectivity index (χ4v) is 5.41. The van der Waals surface area contributed by atoms with Crippen LogP contribution in [0.4, 0.5) is 10.1 Å². The highest BCUT2D eigenvalue weighted by Crippen LogP contribution is 2.27. The van der Waals surface area contributed by atoms with Crippen LogP contribution in [0.2, 0.25) is 10.0 Å². The van der Waals surface area contributed by atoms with Gasteiger partial charge in [-0.2, -0.15) is 0 Å². The predicted octanol–water partition coefficient (Wildman–Crippen LogP) is 5.31. The fraction of sp³-hybridized carbons (Fsp3) is 0.310. The molecule has 2 amide bonds. The van der Waals surface area contributed by atoms with E-state index in [1.54, 1.807) is 0 Å². The van der Waals surface area contributed by atoms with Gasteiger partial charge in [0, 0.05) is 29.6 Å². The van der Waals surface area contributed by atoms with Crippen molar-refractivity contribution >= 4 is 50.7 Å². The van der Waals surface area contributed by atoms with E-state index in [1.807, 2.05) is 44.2 Å². The van der Waals surface area contributed by atoms with Gasteiger partial charge in [0.05, 0.1) is 11.9 Å². The number of sulfonamides is 1. The van der Waals surface area contributed by atoms with E-state index in [0.29, 0.717) is 12.1 Å². The third-order valence-corrected chi connectivity index (χ3v) is 7.61. The molecule has 0 bridgehead atoms. The highest BCUT2D eigenvalue weighted by Gasteiger charge is 2.33.